The molecule has 0 unspecified atom stereocenters. The van der Waals surface area contributed by atoms with E-state index in [0.29, 0.717) is 0 Å². The molecular weight excluding hydrogens is 347 g/mol. The molecular formula is C19H40Sn. The number of hydrogen-bond acceptors (Lipinski definition) is 0. The van der Waals surface area contributed by atoms with Gasteiger partial charge in [0, 0.05) is 0 Å². The third-order valence-electron chi connectivity index (χ3n) is 4.69. The quantitative estimate of drug-likeness (QED) is 0.213. The molecule has 0 aliphatic carbocycles. The number of hydrogen-bond donors (Lipinski definition) is 0. The van der Waals surface area contributed by atoms with E-state index in [2.05, 4.69) is 34.3 Å². The molecule has 0 saturated carbocycles. The molecule has 0 saturated heterocycles. The van der Waals surface area contributed by atoms with Crippen LogP contribution in [0.2, 0.25) is 17.7 Å². The van der Waals surface area contributed by atoms with Crippen LogP contribution in [0.1, 0.15) is 85.5 Å². The number of rotatable bonds is 14. The number of allylic oxidation sites excluding steroid dienone is 1. The van der Waals surface area contributed by atoms with Crippen molar-refractivity contribution in [2.45, 2.75) is 103 Å². The van der Waals surface area contributed by atoms with Gasteiger partial charge in [-0.15, -0.1) is 0 Å². The molecule has 20 heavy (non-hydrogen) atoms. The molecule has 0 rings (SSSR count). The molecule has 0 atom stereocenters. The van der Waals surface area contributed by atoms with Crippen LogP contribution in [0.5, 0.6) is 0 Å². The van der Waals surface area contributed by atoms with Crippen LogP contribution in [0.25, 0.3) is 0 Å². The van der Waals surface area contributed by atoms with Gasteiger partial charge < -0.3 is 0 Å². The van der Waals surface area contributed by atoms with Crippen LogP contribution in [0, 0.1) is 0 Å². The van der Waals surface area contributed by atoms with Crippen molar-refractivity contribution in [2.75, 3.05) is 0 Å². The second-order valence-electron chi connectivity index (χ2n) is 6.84. The Labute approximate surface area is 133 Å². The second kappa shape index (κ2) is 13.2. The van der Waals surface area contributed by atoms with Gasteiger partial charge in [-0.2, -0.15) is 0 Å². The van der Waals surface area contributed by atoms with Gasteiger partial charge in [0.25, 0.3) is 0 Å². The van der Waals surface area contributed by atoms with E-state index in [1.54, 1.807) is 18.9 Å². The molecule has 120 valence electrons. The Morgan fingerprint density at radius 3 is 1.45 bits per heavy atom. The normalized spacial score (nSPS) is 11.8. The van der Waals surface area contributed by atoms with Crippen LogP contribution < -0.4 is 0 Å². The van der Waals surface area contributed by atoms with Crippen molar-refractivity contribution in [1.82, 2.24) is 0 Å². The minimum atomic E-state index is -1.91. The van der Waals surface area contributed by atoms with Crippen LogP contribution in [0.4, 0.5) is 0 Å². The van der Waals surface area contributed by atoms with Gasteiger partial charge in [0.15, 0.2) is 0 Å². The first-order valence-electron chi connectivity index (χ1n) is 9.30. The Hall–Kier alpha value is 0.539. The van der Waals surface area contributed by atoms with Crippen LogP contribution in [-0.4, -0.2) is 18.4 Å². The molecule has 0 aromatic carbocycles. The van der Waals surface area contributed by atoms with Gasteiger partial charge in [-0.3, -0.25) is 0 Å². The summed E-state index contributed by atoms with van der Waals surface area (Å²) >= 11 is -1.91. The molecule has 0 bridgehead atoms. The summed E-state index contributed by atoms with van der Waals surface area (Å²) in [5, 5.41) is 0. The zero-order valence-corrected chi connectivity index (χ0v) is 17.8. The molecule has 0 spiro atoms. The Bertz CT molecular complexity index is 210. The van der Waals surface area contributed by atoms with Crippen molar-refractivity contribution in [3.8, 4) is 0 Å². The topological polar surface area (TPSA) is 0 Å². The zero-order valence-electron chi connectivity index (χ0n) is 14.9. The Kier molecular flexibility index (Phi) is 13.6. The molecule has 0 aromatic rings. The fraction of sp³-hybridized carbons (Fsp3) is 0.895. The molecule has 0 nitrogen and oxygen atoms in total. The van der Waals surface area contributed by atoms with Crippen molar-refractivity contribution in [3.05, 3.63) is 12.2 Å². The Balaban J connectivity index is 4.68. The van der Waals surface area contributed by atoms with Gasteiger partial charge in [0.05, 0.1) is 0 Å². The summed E-state index contributed by atoms with van der Waals surface area (Å²) in [6.45, 7) is 13.8. The van der Waals surface area contributed by atoms with Gasteiger partial charge in [-0.25, -0.2) is 0 Å². The fourth-order valence-electron chi connectivity index (χ4n) is 3.34. The van der Waals surface area contributed by atoms with Crippen molar-refractivity contribution in [3.63, 3.8) is 0 Å². The summed E-state index contributed by atoms with van der Waals surface area (Å²) < 4.78 is 6.41. The minimum absolute atomic E-state index is 1.31. The molecule has 1 heteroatoms. The van der Waals surface area contributed by atoms with Gasteiger partial charge in [-0.1, -0.05) is 0 Å². The standard InChI is InChI=1S/C7H13.3C4H9.Sn/c1-4-5-6-7(2)3;3*1-3-4-2;/h2-6H2,1H3;3*1,3-4H2,2H3;. The molecule has 0 heterocycles. The fourth-order valence-corrected chi connectivity index (χ4v) is 20.0. The SMILES string of the molecule is C=C(CCCC)[CH2][Sn]([CH2]CCC)([CH2]CCC)[CH2]CCC. The van der Waals surface area contributed by atoms with Crippen LogP contribution in [0.3, 0.4) is 0 Å². The summed E-state index contributed by atoms with van der Waals surface area (Å²) in [4.78, 5) is 0. The summed E-state index contributed by atoms with van der Waals surface area (Å²) in [7, 11) is 0. The van der Waals surface area contributed by atoms with E-state index in [1.165, 1.54) is 62.2 Å². The third-order valence-corrected chi connectivity index (χ3v) is 20.4. The van der Waals surface area contributed by atoms with E-state index in [9.17, 15) is 0 Å². The van der Waals surface area contributed by atoms with Crippen LogP contribution in [-0.2, 0) is 0 Å². The number of unbranched alkanes of at least 4 members (excludes halogenated alkanes) is 4. The predicted octanol–water partition coefficient (Wildman–Crippen LogP) is 7.58. The van der Waals surface area contributed by atoms with Gasteiger partial charge >= 0.3 is 134 Å². The molecule has 0 fully saturated rings. The summed E-state index contributed by atoms with van der Waals surface area (Å²) in [6.07, 6.45) is 12.6. The maximum atomic E-state index is 4.45. The average Bonchev–Trinajstić information content (AvgIpc) is 2.46. The first kappa shape index (κ1) is 20.5. The van der Waals surface area contributed by atoms with E-state index >= 15 is 0 Å². The summed E-state index contributed by atoms with van der Waals surface area (Å²) in [5.74, 6) is 0. The zero-order chi connectivity index (χ0) is 15.3. The van der Waals surface area contributed by atoms with Crippen LogP contribution >= 0.6 is 0 Å². The van der Waals surface area contributed by atoms with E-state index in [1.807, 2.05) is 0 Å². The van der Waals surface area contributed by atoms with Gasteiger partial charge in [-0.05, 0) is 0 Å². The Morgan fingerprint density at radius 2 is 1.10 bits per heavy atom. The third kappa shape index (κ3) is 9.47. The monoisotopic (exact) mass is 388 g/mol. The van der Waals surface area contributed by atoms with Crippen molar-refractivity contribution in [2.24, 2.45) is 0 Å². The van der Waals surface area contributed by atoms with Gasteiger partial charge in [0.2, 0.25) is 0 Å². The second-order valence-corrected chi connectivity index (χ2v) is 20.7. The summed E-state index contributed by atoms with van der Waals surface area (Å²) in [5.41, 5.74) is 1.62. The maximum absolute atomic E-state index is 4.45. The van der Waals surface area contributed by atoms with E-state index < -0.39 is 18.4 Å². The summed E-state index contributed by atoms with van der Waals surface area (Å²) in [6, 6.07) is 0. The van der Waals surface area contributed by atoms with E-state index in [-0.39, 0.29) is 0 Å². The van der Waals surface area contributed by atoms with Crippen molar-refractivity contribution >= 4 is 18.4 Å². The van der Waals surface area contributed by atoms with E-state index in [0.717, 1.165) is 0 Å². The van der Waals surface area contributed by atoms with E-state index in [4.69, 9.17) is 0 Å². The molecule has 0 aliphatic rings. The van der Waals surface area contributed by atoms with Gasteiger partial charge in [0.1, 0.15) is 0 Å². The molecule has 0 aromatic heterocycles. The average molecular weight is 387 g/mol. The van der Waals surface area contributed by atoms with Crippen molar-refractivity contribution < 1.29 is 0 Å². The first-order valence-corrected chi connectivity index (χ1v) is 17.4. The molecule has 0 radical (unpaired) electrons. The van der Waals surface area contributed by atoms with Crippen LogP contribution in [0.15, 0.2) is 12.2 Å². The predicted molar refractivity (Wildman–Crippen MR) is 98.4 cm³/mol. The molecule has 0 N–H and O–H groups in total. The molecule has 0 aliphatic heterocycles. The first-order chi connectivity index (χ1) is 9.64. The molecule has 0 amide bonds. The Morgan fingerprint density at radius 1 is 0.700 bits per heavy atom. The van der Waals surface area contributed by atoms with Crippen molar-refractivity contribution in [1.29, 1.82) is 0 Å².